The van der Waals surface area contributed by atoms with E-state index in [-0.39, 0.29) is 0 Å². The monoisotopic (exact) mass is 207 g/mol. The molecule has 0 aliphatic heterocycles. The Morgan fingerprint density at radius 2 is 2.25 bits per heavy atom. The number of hydrogen-bond acceptors (Lipinski definition) is 2. The predicted molar refractivity (Wildman–Crippen MR) is 58.3 cm³/mol. The van der Waals surface area contributed by atoms with Gasteiger partial charge >= 0.3 is 0 Å². The maximum atomic E-state index is 5.73. The fourth-order valence-corrected chi connectivity index (χ4v) is 2.17. The lowest BCUT2D eigenvalue weighted by atomic mass is 10.0. The zero-order chi connectivity index (χ0) is 8.86. The minimum atomic E-state index is 0.597. The van der Waals surface area contributed by atoms with Gasteiger partial charge in [0.15, 0.2) is 0 Å². The van der Waals surface area contributed by atoms with Crippen molar-refractivity contribution in [2.75, 3.05) is 31.0 Å². The first-order valence-corrected chi connectivity index (χ1v) is 6.51. The van der Waals surface area contributed by atoms with Gasteiger partial charge in [0.1, 0.15) is 0 Å². The fourth-order valence-electron chi connectivity index (χ4n) is 1.42. The smallest absolute Gasteiger partial charge is 0.0229 e. The number of thioether (sulfide) groups is 1. The third kappa shape index (κ3) is 3.55. The standard InChI is InChI=1S/C9H18ClNS/c1-12-7-6-11-8-9(2-3-9)4-5-10/h11H,2-8H2,1H3. The Kier molecular flexibility index (Phi) is 4.77. The lowest BCUT2D eigenvalue weighted by Gasteiger charge is -2.13. The molecule has 0 aromatic carbocycles. The van der Waals surface area contributed by atoms with Gasteiger partial charge in [-0.1, -0.05) is 0 Å². The zero-order valence-corrected chi connectivity index (χ0v) is 9.31. The van der Waals surface area contributed by atoms with Gasteiger partial charge in [-0.15, -0.1) is 11.6 Å². The third-order valence-corrected chi connectivity index (χ3v) is 3.37. The van der Waals surface area contributed by atoms with Crippen LogP contribution in [0, 0.1) is 5.41 Å². The number of hydrogen-bond donors (Lipinski definition) is 1. The first-order valence-electron chi connectivity index (χ1n) is 4.59. The largest absolute Gasteiger partial charge is 0.315 e. The minimum Gasteiger partial charge on any atom is -0.315 e. The van der Waals surface area contributed by atoms with Gasteiger partial charge in [0.05, 0.1) is 0 Å². The summed E-state index contributed by atoms with van der Waals surface area (Å²) in [5.41, 5.74) is 0.597. The van der Waals surface area contributed by atoms with Crippen molar-refractivity contribution in [1.29, 1.82) is 0 Å². The van der Waals surface area contributed by atoms with Crippen LogP contribution in [-0.2, 0) is 0 Å². The molecule has 72 valence electrons. The number of halogens is 1. The Labute approximate surface area is 84.6 Å². The molecule has 1 rings (SSSR count). The van der Waals surface area contributed by atoms with E-state index in [4.69, 9.17) is 11.6 Å². The number of alkyl halides is 1. The third-order valence-electron chi connectivity index (χ3n) is 2.56. The fraction of sp³-hybridized carbons (Fsp3) is 1.00. The molecule has 1 aliphatic rings. The van der Waals surface area contributed by atoms with Gasteiger partial charge in [0.25, 0.3) is 0 Å². The molecule has 12 heavy (non-hydrogen) atoms. The van der Waals surface area contributed by atoms with Crippen molar-refractivity contribution in [2.45, 2.75) is 19.3 Å². The summed E-state index contributed by atoms with van der Waals surface area (Å²) >= 11 is 7.63. The maximum Gasteiger partial charge on any atom is 0.0229 e. The van der Waals surface area contributed by atoms with Crippen LogP contribution in [0.2, 0.25) is 0 Å². The van der Waals surface area contributed by atoms with Crippen molar-refractivity contribution in [3.05, 3.63) is 0 Å². The summed E-state index contributed by atoms with van der Waals surface area (Å²) in [6, 6.07) is 0. The molecule has 0 atom stereocenters. The Morgan fingerprint density at radius 1 is 1.50 bits per heavy atom. The second-order valence-electron chi connectivity index (χ2n) is 3.61. The van der Waals surface area contributed by atoms with Gasteiger partial charge in [-0.25, -0.2) is 0 Å². The first-order chi connectivity index (χ1) is 5.83. The van der Waals surface area contributed by atoms with E-state index in [0.717, 1.165) is 12.4 Å². The Hall–Kier alpha value is 0.600. The van der Waals surface area contributed by atoms with Crippen LogP contribution in [-0.4, -0.2) is 31.0 Å². The van der Waals surface area contributed by atoms with Crippen LogP contribution in [0.25, 0.3) is 0 Å². The van der Waals surface area contributed by atoms with E-state index in [9.17, 15) is 0 Å². The topological polar surface area (TPSA) is 12.0 Å². The van der Waals surface area contributed by atoms with Crippen LogP contribution in [0.4, 0.5) is 0 Å². The summed E-state index contributed by atoms with van der Waals surface area (Å²) in [6.07, 6.45) is 6.10. The molecule has 1 N–H and O–H groups in total. The van der Waals surface area contributed by atoms with E-state index in [1.165, 1.54) is 31.6 Å². The molecule has 0 radical (unpaired) electrons. The summed E-state index contributed by atoms with van der Waals surface area (Å²) in [5, 5.41) is 3.49. The van der Waals surface area contributed by atoms with Gasteiger partial charge in [-0.05, 0) is 30.9 Å². The summed E-state index contributed by atoms with van der Waals surface area (Å²) in [7, 11) is 0. The summed E-state index contributed by atoms with van der Waals surface area (Å²) in [4.78, 5) is 0. The van der Waals surface area contributed by atoms with Gasteiger partial charge in [-0.2, -0.15) is 11.8 Å². The molecule has 3 heteroatoms. The van der Waals surface area contributed by atoms with Crippen LogP contribution in [0.15, 0.2) is 0 Å². The van der Waals surface area contributed by atoms with E-state index in [2.05, 4.69) is 11.6 Å². The zero-order valence-electron chi connectivity index (χ0n) is 7.74. The predicted octanol–water partition coefficient (Wildman–Crippen LogP) is 2.35. The van der Waals surface area contributed by atoms with E-state index in [0.29, 0.717) is 5.41 Å². The SMILES string of the molecule is CSCCNCC1(CCCl)CC1. The molecule has 1 nitrogen and oxygen atoms in total. The molecule has 0 unspecified atom stereocenters. The highest BCUT2D eigenvalue weighted by Crippen LogP contribution is 2.48. The van der Waals surface area contributed by atoms with E-state index < -0.39 is 0 Å². The van der Waals surface area contributed by atoms with Gasteiger partial charge in [0.2, 0.25) is 0 Å². The van der Waals surface area contributed by atoms with E-state index in [1.54, 1.807) is 0 Å². The average Bonchev–Trinajstić information content (AvgIpc) is 2.81. The molecule has 0 amide bonds. The normalized spacial score (nSPS) is 19.5. The minimum absolute atomic E-state index is 0.597. The Bertz CT molecular complexity index is 126. The highest BCUT2D eigenvalue weighted by Gasteiger charge is 2.40. The second kappa shape index (κ2) is 5.36. The van der Waals surface area contributed by atoms with Gasteiger partial charge < -0.3 is 5.32 Å². The summed E-state index contributed by atoms with van der Waals surface area (Å²) < 4.78 is 0. The number of nitrogens with one attached hydrogen (secondary N) is 1. The van der Waals surface area contributed by atoms with Crippen molar-refractivity contribution in [1.82, 2.24) is 5.32 Å². The molecule has 0 aromatic rings. The van der Waals surface area contributed by atoms with Gasteiger partial charge in [0, 0.05) is 24.7 Å². The van der Waals surface area contributed by atoms with Crippen LogP contribution in [0.1, 0.15) is 19.3 Å². The average molecular weight is 208 g/mol. The molecular formula is C9H18ClNS. The van der Waals surface area contributed by atoms with Crippen LogP contribution in [0.3, 0.4) is 0 Å². The lowest BCUT2D eigenvalue weighted by Crippen LogP contribution is -2.26. The second-order valence-corrected chi connectivity index (χ2v) is 4.97. The van der Waals surface area contributed by atoms with Crippen LogP contribution in [0.5, 0.6) is 0 Å². The van der Waals surface area contributed by atoms with Crippen molar-refractivity contribution in [3.63, 3.8) is 0 Å². The molecule has 0 spiro atoms. The summed E-state index contributed by atoms with van der Waals surface area (Å²) in [5.74, 6) is 2.04. The lowest BCUT2D eigenvalue weighted by molar-refractivity contribution is 0.454. The highest BCUT2D eigenvalue weighted by atomic mass is 35.5. The Balaban J connectivity index is 1.98. The van der Waals surface area contributed by atoms with Gasteiger partial charge in [-0.3, -0.25) is 0 Å². The number of rotatable bonds is 7. The Morgan fingerprint density at radius 3 is 2.75 bits per heavy atom. The van der Waals surface area contributed by atoms with Crippen LogP contribution >= 0.6 is 23.4 Å². The van der Waals surface area contributed by atoms with Crippen molar-refractivity contribution in [3.8, 4) is 0 Å². The molecular weight excluding hydrogens is 190 g/mol. The summed E-state index contributed by atoms with van der Waals surface area (Å²) in [6.45, 7) is 2.32. The molecule has 1 saturated carbocycles. The molecule has 0 saturated heterocycles. The molecule has 0 heterocycles. The van der Waals surface area contributed by atoms with Crippen LogP contribution < -0.4 is 5.32 Å². The van der Waals surface area contributed by atoms with Crippen molar-refractivity contribution >= 4 is 23.4 Å². The maximum absolute atomic E-state index is 5.73. The highest BCUT2D eigenvalue weighted by molar-refractivity contribution is 7.98. The van der Waals surface area contributed by atoms with Crippen molar-refractivity contribution in [2.24, 2.45) is 5.41 Å². The molecule has 1 fully saturated rings. The quantitative estimate of drug-likeness (QED) is 0.508. The van der Waals surface area contributed by atoms with E-state index >= 15 is 0 Å². The first kappa shape index (κ1) is 10.7. The molecule has 1 aliphatic carbocycles. The van der Waals surface area contributed by atoms with Crippen molar-refractivity contribution < 1.29 is 0 Å². The van der Waals surface area contributed by atoms with E-state index in [1.807, 2.05) is 11.8 Å². The molecule has 0 bridgehead atoms. The molecule has 0 aromatic heterocycles.